The standard InChI is InChI=1S/C17H18BrNO2/c1-12-15(8-5-9-16(12)18)17(21)19-11-14(20)10-13-6-3-2-4-7-13/h2-9,14,20H,10-11H2,1H3,(H,19,21). The molecule has 2 rings (SSSR count). The van der Waals surface area contributed by atoms with Gasteiger partial charge in [0.25, 0.3) is 5.91 Å². The number of carbonyl (C=O) groups excluding carboxylic acids is 1. The molecule has 0 heterocycles. The van der Waals surface area contributed by atoms with Gasteiger partial charge in [0.1, 0.15) is 0 Å². The van der Waals surface area contributed by atoms with E-state index in [1.807, 2.05) is 49.4 Å². The molecule has 2 aromatic rings. The first kappa shape index (κ1) is 15.7. The van der Waals surface area contributed by atoms with E-state index < -0.39 is 6.10 Å². The fourth-order valence-electron chi connectivity index (χ4n) is 2.12. The van der Waals surface area contributed by atoms with Gasteiger partial charge in [0, 0.05) is 23.0 Å². The third-order valence-electron chi connectivity index (χ3n) is 3.32. The van der Waals surface area contributed by atoms with Crippen molar-refractivity contribution in [1.82, 2.24) is 5.32 Å². The van der Waals surface area contributed by atoms with E-state index in [-0.39, 0.29) is 12.5 Å². The van der Waals surface area contributed by atoms with Crippen molar-refractivity contribution in [2.75, 3.05) is 6.54 Å². The first-order chi connectivity index (χ1) is 10.1. The van der Waals surface area contributed by atoms with E-state index in [2.05, 4.69) is 21.2 Å². The number of halogens is 1. The number of hydrogen-bond acceptors (Lipinski definition) is 2. The van der Waals surface area contributed by atoms with Crippen LogP contribution in [0, 0.1) is 6.92 Å². The Bertz CT molecular complexity index is 613. The lowest BCUT2D eigenvalue weighted by atomic mass is 10.1. The number of aliphatic hydroxyl groups is 1. The van der Waals surface area contributed by atoms with Crippen LogP contribution in [0.15, 0.2) is 53.0 Å². The van der Waals surface area contributed by atoms with Crippen molar-refractivity contribution in [1.29, 1.82) is 0 Å². The smallest absolute Gasteiger partial charge is 0.251 e. The van der Waals surface area contributed by atoms with E-state index in [9.17, 15) is 9.90 Å². The fraction of sp³-hybridized carbons (Fsp3) is 0.235. The normalized spacial score (nSPS) is 12.0. The summed E-state index contributed by atoms with van der Waals surface area (Å²) in [5, 5.41) is 12.8. The van der Waals surface area contributed by atoms with Crippen molar-refractivity contribution >= 4 is 21.8 Å². The van der Waals surface area contributed by atoms with Crippen LogP contribution in [0.2, 0.25) is 0 Å². The van der Waals surface area contributed by atoms with Gasteiger partial charge in [-0.2, -0.15) is 0 Å². The van der Waals surface area contributed by atoms with Crippen molar-refractivity contribution < 1.29 is 9.90 Å². The number of benzene rings is 2. The Morgan fingerprint density at radius 3 is 2.62 bits per heavy atom. The fourth-order valence-corrected chi connectivity index (χ4v) is 2.48. The van der Waals surface area contributed by atoms with E-state index in [1.54, 1.807) is 6.07 Å². The van der Waals surface area contributed by atoms with Crippen LogP contribution in [0.4, 0.5) is 0 Å². The number of amides is 1. The molecule has 0 aliphatic heterocycles. The first-order valence-corrected chi connectivity index (χ1v) is 7.62. The SMILES string of the molecule is Cc1c(Br)cccc1C(=O)NCC(O)Cc1ccccc1. The second-order valence-corrected chi connectivity index (χ2v) is 5.82. The monoisotopic (exact) mass is 347 g/mol. The van der Waals surface area contributed by atoms with Crippen LogP contribution >= 0.6 is 15.9 Å². The summed E-state index contributed by atoms with van der Waals surface area (Å²) < 4.78 is 0.903. The molecular weight excluding hydrogens is 330 g/mol. The molecular formula is C17H18BrNO2. The van der Waals surface area contributed by atoms with E-state index in [0.29, 0.717) is 12.0 Å². The van der Waals surface area contributed by atoms with Crippen LogP contribution in [0.25, 0.3) is 0 Å². The molecule has 3 nitrogen and oxygen atoms in total. The average molecular weight is 348 g/mol. The zero-order valence-electron chi connectivity index (χ0n) is 11.8. The van der Waals surface area contributed by atoms with Crippen molar-refractivity contribution in [3.8, 4) is 0 Å². The number of aliphatic hydroxyl groups excluding tert-OH is 1. The molecule has 1 unspecified atom stereocenters. The molecule has 21 heavy (non-hydrogen) atoms. The highest BCUT2D eigenvalue weighted by Gasteiger charge is 2.12. The predicted molar refractivity (Wildman–Crippen MR) is 87.4 cm³/mol. The first-order valence-electron chi connectivity index (χ1n) is 6.83. The molecule has 110 valence electrons. The Labute approximate surface area is 133 Å². The van der Waals surface area contributed by atoms with Gasteiger partial charge in [0.15, 0.2) is 0 Å². The molecule has 2 N–H and O–H groups in total. The quantitative estimate of drug-likeness (QED) is 0.872. The van der Waals surface area contributed by atoms with Crippen molar-refractivity contribution in [2.24, 2.45) is 0 Å². The summed E-state index contributed by atoms with van der Waals surface area (Å²) in [6, 6.07) is 15.2. The molecule has 0 radical (unpaired) electrons. The summed E-state index contributed by atoms with van der Waals surface area (Å²) in [6.07, 6.45) is -0.0673. The van der Waals surface area contributed by atoms with Crippen LogP contribution in [-0.4, -0.2) is 23.7 Å². The second kappa shape index (κ2) is 7.38. The number of nitrogens with one attached hydrogen (secondary N) is 1. The Kier molecular flexibility index (Phi) is 5.53. The van der Waals surface area contributed by atoms with Gasteiger partial charge in [-0.05, 0) is 30.2 Å². The minimum atomic E-state index is -0.594. The van der Waals surface area contributed by atoms with Crippen LogP contribution < -0.4 is 5.32 Å². The molecule has 0 saturated carbocycles. The second-order valence-electron chi connectivity index (χ2n) is 4.97. The Hall–Kier alpha value is -1.65. The maximum Gasteiger partial charge on any atom is 0.251 e. The lowest BCUT2D eigenvalue weighted by molar-refractivity contribution is 0.0915. The number of carbonyl (C=O) groups is 1. The van der Waals surface area contributed by atoms with Gasteiger partial charge in [-0.3, -0.25) is 4.79 Å². The van der Waals surface area contributed by atoms with Crippen molar-refractivity contribution in [3.63, 3.8) is 0 Å². The molecule has 4 heteroatoms. The van der Waals surface area contributed by atoms with Gasteiger partial charge < -0.3 is 10.4 Å². The molecule has 1 amide bonds. The topological polar surface area (TPSA) is 49.3 Å². The molecule has 2 aromatic carbocycles. The predicted octanol–water partition coefficient (Wildman–Crippen LogP) is 3.09. The van der Waals surface area contributed by atoms with Gasteiger partial charge in [-0.1, -0.05) is 52.3 Å². The number of hydrogen-bond donors (Lipinski definition) is 2. The molecule has 0 bridgehead atoms. The van der Waals surface area contributed by atoms with E-state index in [4.69, 9.17) is 0 Å². The largest absolute Gasteiger partial charge is 0.391 e. The van der Waals surface area contributed by atoms with Crippen LogP contribution in [0.5, 0.6) is 0 Å². The van der Waals surface area contributed by atoms with Crippen molar-refractivity contribution in [3.05, 3.63) is 69.7 Å². The third kappa shape index (κ3) is 4.41. The average Bonchev–Trinajstić information content (AvgIpc) is 2.48. The molecule has 1 atom stereocenters. The van der Waals surface area contributed by atoms with Gasteiger partial charge in [-0.15, -0.1) is 0 Å². The summed E-state index contributed by atoms with van der Waals surface area (Å²) in [7, 11) is 0. The maximum atomic E-state index is 12.1. The van der Waals surface area contributed by atoms with Crippen molar-refractivity contribution in [2.45, 2.75) is 19.4 Å². The Balaban J connectivity index is 1.90. The molecule has 0 saturated heterocycles. The van der Waals surface area contributed by atoms with Gasteiger partial charge >= 0.3 is 0 Å². The van der Waals surface area contributed by atoms with Crippen LogP contribution in [0.1, 0.15) is 21.5 Å². The lowest BCUT2D eigenvalue weighted by Crippen LogP contribution is -2.33. The highest BCUT2D eigenvalue weighted by molar-refractivity contribution is 9.10. The Morgan fingerprint density at radius 2 is 1.90 bits per heavy atom. The molecule has 0 spiro atoms. The zero-order chi connectivity index (χ0) is 15.2. The molecule has 0 aromatic heterocycles. The van der Waals surface area contributed by atoms with Crippen LogP contribution in [0.3, 0.4) is 0 Å². The minimum Gasteiger partial charge on any atom is -0.391 e. The molecule has 0 aliphatic carbocycles. The van der Waals surface area contributed by atoms with E-state index in [0.717, 1.165) is 15.6 Å². The van der Waals surface area contributed by atoms with Gasteiger partial charge in [-0.25, -0.2) is 0 Å². The van der Waals surface area contributed by atoms with Gasteiger partial charge in [0.05, 0.1) is 6.10 Å². The maximum absolute atomic E-state index is 12.1. The van der Waals surface area contributed by atoms with E-state index >= 15 is 0 Å². The summed E-state index contributed by atoms with van der Waals surface area (Å²) in [5.74, 6) is -0.166. The molecule has 0 fully saturated rings. The highest BCUT2D eigenvalue weighted by Crippen LogP contribution is 2.19. The number of rotatable bonds is 5. The summed E-state index contributed by atoms with van der Waals surface area (Å²) in [5.41, 5.74) is 2.57. The van der Waals surface area contributed by atoms with Gasteiger partial charge in [0.2, 0.25) is 0 Å². The lowest BCUT2D eigenvalue weighted by Gasteiger charge is -2.13. The highest BCUT2D eigenvalue weighted by atomic mass is 79.9. The minimum absolute atomic E-state index is 0.166. The molecule has 0 aliphatic rings. The third-order valence-corrected chi connectivity index (χ3v) is 4.18. The van der Waals surface area contributed by atoms with Crippen LogP contribution in [-0.2, 0) is 6.42 Å². The zero-order valence-corrected chi connectivity index (χ0v) is 13.4. The summed E-state index contributed by atoms with van der Waals surface area (Å²) in [4.78, 5) is 12.1. The summed E-state index contributed by atoms with van der Waals surface area (Å²) >= 11 is 3.41. The Morgan fingerprint density at radius 1 is 1.19 bits per heavy atom. The summed E-state index contributed by atoms with van der Waals surface area (Å²) in [6.45, 7) is 2.12. The van der Waals surface area contributed by atoms with E-state index in [1.165, 1.54) is 0 Å².